The predicted molar refractivity (Wildman–Crippen MR) is 59.5 cm³/mol. The largest absolute Gasteiger partial charge is 0.462 e. The number of carbonyl (C=O) groups is 1. The van der Waals surface area contributed by atoms with Crippen molar-refractivity contribution in [2.45, 2.75) is 31.5 Å². The highest BCUT2D eigenvalue weighted by Gasteiger charge is 2.49. The van der Waals surface area contributed by atoms with Crippen LogP contribution in [0.3, 0.4) is 0 Å². The molecular formula is C11H12N2O6. The minimum absolute atomic E-state index is 0.0436. The fourth-order valence-corrected chi connectivity index (χ4v) is 2.27. The quantitative estimate of drug-likeness (QED) is 0.640. The van der Waals surface area contributed by atoms with Gasteiger partial charge in [0.05, 0.1) is 0 Å². The smallest absolute Gasteiger partial charge is 0.303 e. The second-order valence-electron chi connectivity index (χ2n) is 4.40. The summed E-state index contributed by atoms with van der Waals surface area (Å²) >= 11 is 0. The number of rotatable bonds is 1. The van der Waals surface area contributed by atoms with Gasteiger partial charge in [-0.1, -0.05) is 0 Å². The van der Waals surface area contributed by atoms with E-state index in [0.29, 0.717) is 0 Å². The molecule has 1 N–H and O–H groups in total. The van der Waals surface area contributed by atoms with E-state index in [0.717, 1.165) is 0 Å². The fourth-order valence-electron chi connectivity index (χ4n) is 2.27. The molecule has 0 amide bonds. The molecule has 1 fully saturated rings. The second-order valence-corrected chi connectivity index (χ2v) is 4.40. The number of hydrogen-bond donors (Lipinski definition) is 1. The zero-order valence-electron chi connectivity index (χ0n) is 10.1. The van der Waals surface area contributed by atoms with Gasteiger partial charge < -0.3 is 19.3 Å². The Bertz CT molecular complexity index is 571. The van der Waals surface area contributed by atoms with Gasteiger partial charge in [0.25, 0.3) is 5.56 Å². The minimum atomic E-state index is -1.04. The van der Waals surface area contributed by atoms with Crippen molar-refractivity contribution in [2.75, 3.05) is 6.61 Å². The van der Waals surface area contributed by atoms with Crippen LogP contribution in [0.15, 0.2) is 17.1 Å². The third-order valence-corrected chi connectivity index (χ3v) is 3.07. The number of aliphatic hydroxyl groups excluding tert-OH is 1. The SMILES string of the molecule is CC(=O)O[C@H]1[C@@H](O)[C@H]2O[C@@H]1COc1nc(=O)ccn12. The van der Waals surface area contributed by atoms with Crippen molar-refractivity contribution in [3.05, 3.63) is 22.6 Å². The summed E-state index contributed by atoms with van der Waals surface area (Å²) in [5.41, 5.74) is -0.435. The first-order valence-corrected chi connectivity index (χ1v) is 5.79. The molecule has 0 aliphatic carbocycles. The van der Waals surface area contributed by atoms with Crippen LogP contribution in [-0.2, 0) is 14.3 Å². The van der Waals surface area contributed by atoms with E-state index >= 15 is 0 Å². The molecule has 2 bridgehead atoms. The Balaban J connectivity index is 1.96. The summed E-state index contributed by atoms with van der Waals surface area (Å²) in [4.78, 5) is 25.9. The Labute approximate surface area is 107 Å². The normalized spacial score (nSPS) is 32.1. The van der Waals surface area contributed by atoms with Gasteiger partial charge in [-0.15, -0.1) is 0 Å². The molecule has 1 saturated heterocycles. The number of carbonyl (C=O) groups excluding carboxylic acids is 1. The molecule has 0 saturated carbocycles. The van der Waals surface area contributed by atoms with Gasteiger partial charge in [-0.3, -0.25) is 14.2 Å². The first kappa shape index (κ1) is 12.1. The molecule has 19 heavy (non-hydrogen) atoms. The van der Waals surface area contributed by atoms with Crippen molar-refractivity contribution in [1.29, 1.82) is 0 Å². The van der Waals surface area contributed by atoms with E-state index in [2.05, 4.69) is 4.98 Å². The van der Waals surface area contributed by atoms with Gasteiger partial charge in [0.1, 0.15) is 18.8 Å². The van der Waals surface area contributed by atoms with E-state index < -0.39 is 36.1 Å². The van der Waals surface area contributed by atoms with Crippen molar-refractivity contribution in [3.63, 3.8) is 0 Å². The minimum Gasteiger partial charge on any atom is -0.462 e. The van der Waals surface area contributed by atoms with Crippen molar-refractivity contribution in [2.24, 2.45) is 0 Å². The molecule has 2 aliphatic heterocycles. The number of aromatic nitrogens is 2. The van der Waals surface area contributed by atoms with Gasteiger partial charge in [-0.2, -0.15) is 4.98 Å². The number of hydrogen-bond acceptors (Lipinski definition) is 7. The number of aliphatic hydroxyl groups is 1. The maximum absolute atomic E-state index is 11.2. The maximum atomic E-state index is 11.2. The van der Waals surface area contributed by atoms with E-state index in [1.54, 1.807) is 0 Å². The molecule has 1 aromatic rings. The predicted octanol–water partition coefficient (Wildman–Crippen LogP) is -1.17. The van der Waals surface area contributed by atoms with E-state index in [-0.39, 0.29) is 12.6 Å². The second kappa shape index (κ2) is 4.32. The zero-order valence-corrected chi connectivity index (χ0v) is 10.1. The molecule has 0 radical (unpaired) electrons. The highest BCUT2D eigenvalue weighted by atomic mass is 16.6. The van der Waals surface area contributed by atoms with Gasteiger partial charge in [0.2, 0.25) is 0 Å². The van der Waals surface area contributed by atoms with Crippen molar-refractivity contribution in [3.8, 4) is 6.01 Å². The molecule has 0 aromatic carbocycles. The summed E-state index contributed by atoms with van der Waals surface area (Å²) in [6.45, 7) is 1.30. The molecule has 4 atom stereocenters. The monoisotopic (exact) mass is 268 g/mol. The Hall–Kier alpha value is -1.93. The Morgan fingerprint density at radius 3 is 3.16 bits per heavy atom. The number of ether oxygens (including phenoxy) is 3. The average Bonchev–Trinajstić information content (AvgIpc) is 2.56. The van der Waals surface area contributed by atoms with Gasteiger partial charge in [0, 0.05) is 19.2 Å². The zero-order chi connectivity index (χ0) is 13.6. The molecular weight excluding hydrogens is 256 g/mol. The van der Waals surface area contributed by atoms with Crippen molar-refractivity contribution >= 4 is 5.97 Å². The lowest BCUT2D eigenvalue weighted by molar-refractivity contribution is -0.153. The maximum Gasteiger partial charge on any atom is 0.303 e. The summed E-state index contributed by atoms with van der Waals surface area (Å²) in [6, 6.07) is 1.32. The highest BCUT2D eigenvalue weighted by molar-refractivity contribution is 5.66. The van der Waals surface area contributed by atoms with E-state index in [1.165, 1.54) is 23.8 Å². The Kier molecular flexibility index (Phi) is 2.76. The third-order valence-electron chi connectivity index (χ3n) is 3.07. The van der Waals surface area contributed by atoms with E-state index in [4.69, 9.17) is 14.2 Å². The summed E-state index contributed by atoms with van der Waals surface area (Å²) in [6.07, 6.45) is -1.80. The Morgan fingerprint density at radius 1 is 1.63 bits per heavy atom. The van der Waals surface area contributed by atoms with Crippen LogP contribution in [0.2, 0.25) is 0 Å². The van der Waals surface area contributed by atoms with Gasteiger partial charge in [-0.25, -0.2) is 0 Å². The van der Waals surface area contributed by atoms with Crippen LogP contribution in [0.5, 0.6) is 6.01 Å². The van der Waals surface area contributed by atoms with Crippen LogP contribution in [0, 0.1) is 0 Å². The first-order valence-electron chi connectivity index (χ1n) is 5.79. The molecule has 3 heterocycles. The number of nitrogens with zero attached hydrogens (tertiary/aromatic N) is 2. The molecule has 0 unspecified atom stereocenters. The molecule has 2 aliphatic rings. The van der Waals surface area contributed by atoms with Crippen molar-refractivity contribution < 1.29 is 24.1 Å². The average molecular weight is 268 g/mol. The van der Waals surface area contributed by atoms with Crippen LogP contribution in [0.1, 0.15) is 13.2 Å². The summed E-state index contributed by atoms with van der Waals surface area (Å²) in [7, 11) is 0. The standard InChI is InChI=1S/C11H12N2O6/c1-5(14)18-9-6-4-17-11-12-7(15)2-3-13(11)10(19-6)8(9)16/h2-3,6,8-10,16H,4H2,1H3/t6-,8-,9-,10-/m1/s1. The van der Waals surface area contributed by atoms with Gasteiger partial charge >= 0.3 is 12.0 Å². The highest BCUT2D eigenvalue weighted by Crippen LogP contribution is 2.35. The van der Waals surface area contributed by atoms with E-state index in [1.807, 2.05) is 0 Å². The molecule has 0 spiro atoms. The van der Waals surface area contributed by atoms with Crippen LogP contribution in [0.25, 0.3) is 0 Å². The van der Waals surface area contributed by atoms with Crippen LogP contribution in [-0.4, -0.2) is 45.5 Å². The van der Waals surface area contributed by atoms with Crippen molar-refractivity contribution in [1.82, 2.24) is 9.55 Å². The molecule has 102 valence electrons. The van der Waals surface area contributed by atoms with E-state index in [9.17, 15) is 14.7 Å². The lowest BCUT2D eigenvalue weighted by atomic mass is 10.1. The lowest BCUT2D eigenvalue weighted by Crippen LogP contribution is -2.40. The summed E-state index contributed by atoms with van der Waals surface area (Å²) in [5, 5.41) is 10.2. The lowest BCUT2D eigenvalue weighted by Gasteiger charge is -2.23. The van der Waals surface area contributed by atoms with Gasteiger partial charge in [0.15, 0.2) is 12.3 Å². The number of esters is 1. The molecule has 3 rings (SSSR count). The molecule has 1 aromatic heterocycles. The van der Waals surface area contributed by atoms with Crippen LogP contribution in [0.4, 0.5) is 0 Å². The topological polar surface area (TPSA) is 99.9 Å². The first-order chi connectivity index (χ1) is 9.06. The third kappa shape index (κ3) is 1.98. The Morgan fingerprint density at radius 2 is 2.42 bits per heavy atom. The fraction of sp³-hybridized carbons (Fsp3) is 0.545. The summed E-state index contributed by atoms with van der Waals surface area (Å²) < 4.78 is 17.4. The molecule has 8 nitrogen and oxygen atoms in total. The van der Waals surface area contributed by atoms with Crippen LogP contribution >= 0.6 is 0 Å². The van der Waals surface area contributed by atoms with Gasteiger partial charge in [-0.05, 0) is 0 Å². The summed E-state index contributed by atoms with van der Waals surface area (Å²) in [5.74, 6) is -0.503. The number of fused-ring (bicyclic) bond motifs is 4. The molecule has 8 heteroatoms. The van der Waals surface area contributed by atoms with Crippen LogP contribution < -0.4 is 10.3 Å².